The topological polar surface area (TPSA) is 30.5 Å². The molecule has 2 atom stereocenters. The van der Waals surface area contributed by atoms with Crippen molar-refractivity contribution >= 4 is 0 Å². The fraction of sp³-hybridized carbons (Fsp3) is 1.00. The van der Waals surface area contributed by atoms with Gasteiger partial charge in [-0.3, -0.25) is 0 Å². The predicted octanol–water partition coefficient (Wildman–Crippen LogP) is 3.38. The van der Waals surface area contributed by atoms with Crippen LogP contribution in [0.3, 0.4) is 0 Å². The monoisotopic (exact) mass is 283 g/mol. The molecule has 0 radical (unpaired) electrons. The number of ether oxygens (including phenoxy) is 2. The van der Waals surface area contributed by atoms with Gasteiger partial charge < -0.3 is 14.8 Å². The third kappa shape index (κ3) is 3.55. The second-order valence-electron chi connectivity index (χ2n) is 7.32. The Morgan fingerprint density at radius 2 is 1.90 bits per heavy atom. The molecule has 2 aliphatic rings. The number of rotatable bonds is 6. The second-order valence-corrected chi connectivity index (χ2v) is 7.32. The molecule has 1 aliphatic heterocycles. The van der Waals surface area contributed by atoms with E-state index < -0.39 is 0 Å². The average molecular weight is 283 g/mol. The van der Waals surface area contributed by atoms with E-state index in [9.17, 15) is 0 Å². The van der Waals surface area contributed by atoms with Gasteiger partial charge in [0, 0.05) is 25.2 Å². The van der Waals surface area contributed by atoms with Crippen LogP contribution in [0.2, 0.25) is 0 Å². The quantitative estimate of drug-likeness (QED) is 0.810. The Labute approximate surface area is 124 Å². The Kier molecular flexibility index (Phi) is 5.49. The molecule has 0 aromatic carbocycles. The second kappa shape index (κ2) is 6.76. The van der Waals surface area contributed by atoms with Crippen LogP contribution in [0.5, 0.6) is 0 Å². The van der Waals surface area contributed by atoms with Crippen molar-refractivity contribution < 1.29 is 9.47 Å². The zero-order valence-corrected chi connectivity index (χ0v) is 13.8. The molecule has 2 unspecified atom stereocenters. The van der Waals surface area contributed by atoms with Gasteiger partial charge in [-0.1, -0.05) is 20.8 Å². The summed E-state index contributed by atoms with van der Waals surface area (Å²) in [4.78, 5) is 0. The van der Waals surface area contributed by atoms with Gasteiger partial charge in [0.05, 0.1) is 12.2 Å². The molecule has 3 nitrogen and oxygen atoms in total. The van der Waals surface area contributed by atoms with Crippen LogP contribution in [-0.2, 0) is 9.47 Å². The maximum Gasteiger partial charge on any atom is 0.0838 e. The Hall–Kier alpha value is -0.120. The highest BCUT2D eigenvalue weighted by Crippen LogP contribution is 2.45. The number of likely N-dealkylation sites (N-methyl/N-ethyl adjacent to an activating group) is 1. The minimum atomic E-state index is 0.0264. The summed E-state index contributed by atoms with van der Waals surface area (Å²) in [5.41, 5.74) is 0.502. The summed E-state index contributed by atoms with van der Waals surface area (Å²) in [7, 11) is 0. The molecule has 3 heteroatoms. The predicted molar refractivity (Wildman–Crippen MR) is 83.0 cm³/mol. The van der Waals surface area contributed by atoms with Crippen LogP contribution >= 0.6 is 0 Å². The smallest absolute Gasteiger partial charge is 0.0838 e. The molecule has 2 rings (SSSR count). The Morgan fingerprint density at radius 3 is 2.40 bits per heavy atom. The lowest BCUT2D eigenvalue weighted by atomic mass is 9.66. The highest BCUT2D eigenvalue weighted by atomic mass is 16.5. The fourth-order valence-electron chi connectivity index (χ4n) is 4.00. The summed E-state index contributed by atoms with van der Waals surface area (Å²) in [6.07, 6.45) is 6.07. The molecule has 0 aromatic heterocycles. The Bertz CT molecular complexity index is 287. The normalized spacial score (nSPS) is 30.3. The van der Waals surface area contributed by atoms with Crippen LogP contribution in [0, 0.1) is 11.3 Å². The minimum Gasteiger partial charge on any atom is -0.381 e. The molecule has 1 heterocycles. The summed E-state index contributed by atoms with van der Waals surface area (Å²) in [5, 5.41) is 3.74. The highest BCUT2D eigenvalue weighted by Gasteiger charge is 2.47. The van der Waals surface area contributed by atoms with Crippen molar-refractivity contribution in [1.82, 2.24) is 5.32 Å². The number of hydrogen-bond acceptors (Lipinski definition) is 3. The van der Waals surface area contributed by atoms with Crippen molar-refractivity contribution in [3.8, 4) is 0 Å². The van der Waals surface area contributed by atoms with E-state index in [1.54, 1.807) is 0 Å². The Balaban J connectivity index is 2.15. The molecule has 1 saturated heterocycles. The van der Waals surface area contributed by atoms with Gasteiger partial charge in [0.25, 0.3) is 0 Å². The minimum absolute atomic E-state index is 0.0264. The lowest BCUT2D eigenvalue weighted by molar-refractivity contribution is -0.117. The van der Waals surface area contributed by atoms with Crippen LogP contribution in [0.4, 0.5) is 0 Å². The standard InChI is InChI=1S/C17H33NO2/c1-5-18-15(14-7-12-19-13-14)17(20-6-2)10-8-16(3,4)9-11-17/h14-15,18H,5-13H2,1-4H3. The first kappa shape index (κ1) is 16.3. The molecule has 20 heavy (non-hydrogen) atoms. The van der Waals surface area contributed by atoms with E-state index >= 15 is 0 Å². The third-order valence-electron chi connectivity index (χ3n) is 5.31. The molecule has 0 amide bonds. The van der Waals surface area contributed by atoms with Crippen LogP contribution in [0.15, 0.2) is 0 Å². The molecule has 1 saturated carbocycles. The van der Waals surface area contributed by atoms with E-state index in [2.05, 4.69) is 33.0 Å². The fourth-order valence-corrected chi connectivity index (χ4v) is 4.00. The Morgan fingerprint density at radius 1 is 1.20 bits per heavy atom. The molecule has 118 valence electrons. The first-order valence-electron chi connectivity index (χ1n) is 8.48. The molecular formula is C17H33NO2. The van der Waals surface area contributed by atoms with Crippen LogP contribution in [-0.4, -0.2) is 38.0 Å². The lowest BCUT2D eigenvalue weighted by Gasteiger charge is -2.49. The van der Waals surface area contributed by atoms with Crippen LogP contribution in [0.1, 0.15) is 59.8 Å². The van der Waals surface area contributed by atoms with E-state index in [4.69, 9.17) is 9.47 Å². The van der Waals surface area contributed by atoms with Gasteiger partial charge in [-0.2, -0.15) is 0 Å². The molecule has 1 aliphatic carbocycles. The molecule has 2 fully saturated rings. The third-order valence-corrected chi connectivity index (χ3v) is 5.31. The maximum absolute atomic E-state index is 6.37. The van der Waals surface area contributed by atoms with Crippen molar-refractivity contribution in [2.45, 2.75) is 71.4 Å². The van der Waals surface area contributed by atoms with Gasteiger partial charge in [0.1, 0.15) is 0 Å². The van der Waals surface area contributed by atoms with Gasteiger partial charge in [0.15, 0.2) is 0 Å². The zero-order chi connectivity index (χ0) is 14.6. The van der Waals surface area contributed by atoms with Gasteiger partial charge >= 0.3 is 0 Å². The van der Waals surface area contributed by atoms with E-state index in [0.29, 0.717) is 17.4 Å². The summed E-state index contributed by atoms with van der Waals surface area (Å²) >= 11 is 0. The van der Waals surface area contributed by atoms with Crippen molar-refractivity contribution in [3.63, 3.8) is 0 Å². The number of hydrogen-bond donors (Lipinski definition) is 1. The number of nitrogens with one attached hydrogen (secondary N) is 1. The summed E-state index contributed by atoms with van der Waals surface area (Å²) < 4.78 is 12.0. The highest BCUT2D eigenvalue weighted by molar-refractivity contribution is 5.02. The van der Waals surface area contributed by atoms with Gasteiger partial charge in [-0.15, -0.1) is 0 Å². The van der Waals surface area contributed by atoms with E-state index in [-0.39, 0.29) is 5.60 Å². The molecular weight excluding hydrogens is 250 g/mol. The summed E-state index contributed by atoms with van der Waals surface area (Å²) in [6.45, 7) is 12.8. The molecule has 0 bridgehead atoms. The largest absolute Gasteiger partial charge is 0.381 e. The van der Waals surface area contributed by atoms with Crippen LogP contribution in [0.25, 0.3) is 0 Å². The zero-order valence-electron chi connectivity index (χ0n) is 13.8. The van der Waals surface area contributed by atoms with Gasteiger partial charge in [-0.25, -0.2) is 0 Å². The average Bonchev–Trinajstić information content (AvgIpc) is 2.93. The maximum atomic E-state index is 6.37. The lowest BCUT2D eigenvalue weighted by Crippen LogP contribution is -2.58. The van der Waals surface area contributed by atoms with Crippen molar-refractivity contribution in [2.75, 3.05) is 26.4 Å². The molecule has 0 spiro atoms. The summed E-state index contributed by atoms with van der Waals surface area (Å²) in [6, 6.07) is 0.450. The van der Waals surface area contributed by atoms with E-state index in [1.807, 2.05) is 0 Å². The van der Waals surface area contributed by atoms with Gasteiger partial charge in [-0.05, 0) is 51.0 Å². The van der Waals surface area contributed by atoms with Crippen LogP contribution < -0.4 is 5.32 Å². The first-order valence-corrected chi connectivity index (χ1v) is 8.48. The van der Waals surface area contributed by atoms with Crippen molar-refractivity contribution in [2.24, 2.45) is 11.3 Å². The first-order chi connectivity index (χ1) is 9.53. The summed E-state index contributed by atoms with van der Waals surface area (Å²) in [5.74, 6) is 0.614. The van der Waals surface area contributed by atoms with Gasteiger partial charge in [0.2, 0.25) is 0 Å². The van der Waals surface area contributed by atoms with Crippen molar-refractivity contribution in [1.29, 1.82) is 0 Å². The van der Waals surface area contributed by atoms with E-state index in [1.165, 1.54) is 32.1 Å². The SMILES string of the molecule is CCNC(C1CCOC1)C1(OCC)CCC(C)(C)CC1. The molecule has 1 N–H and O–H groups in total. The van der Waals surface area contributed by atoms with Crippen molar-refractivity contribution in [3.05, 3.63) is 0 Å². The molecule has 0 aromatic rings. The van der Waals surface area contributed by atoms with E-state index in [0.717, 1.165) is 26.4 Å².